The first-order chi connectivity index (χ1) is 7.13. The van der Waals surface area contributed by atoms with Gasteiger partial charge in [0, 0.05) is 25.0 Å². The SMILES string of the molecule is CCOc1cccc(N(C)CC(C)Cl)n1. The topological polar surface area (TPSA) is 25.4 Å². The molecule has 0 spiro atoms. The van der Waals surface area contributed by atoms with Gasteiger partial charge in [-0.15, -0.1) is 11.6 Å². The minimum absolute atomic E-state index is 0.104. The van der Waals surface area contributed by atoms with Gasteiger partial charge in [-0.3, -0.25) is 0 Å². The number of alkyl halides is 1. The molecule has 0 fully saturated rings. The molecule has 0 saturated heterocycles. The van der Waals surface area contributed by atoms with Gasteiger partial charge >= 0.3 is 0 Å². The molecule has 84 valence electrons. The lowest BCUT2D eigenvalue weighted by Crippen LogP contribution is -2.25. The number of anilines is 1. The van der Waals surface area contributed by atoms with Crippen LogP contribution in [-0.4, -0.2) is 30.6 Å². The Morgan fingerprint density at radius 1 is 1.53 bits per heavy atom. The zero-order valence-corrected chi connectivity index (χ0v) is 10.2. The van der Waals surface area contributed by atoms with Crippen LogP contribution in [0.2, 0.25) is 0 Å². The summed E-state index contributed by atoms with van der Waals surface area (Å²) in [5, 5.41) is 0.104. The van der Waals surface area contributed by atoms with E-state index in [1.807, 2.05) is 44.0 Å². The molecule has 1 atom stereocenters. The monoisotopic (exact) mass is 228 g/mol. The third-order valence-corrected chi connectivity index (χ3v) is 2.06. The molecule has 3 nitrogen and oxygen atoms in total. The zero-order valence-electron chi connectivity index (χ0n) is 9.40. The van der Waals surface area contributed by atoms with Gasteiger partial charge in [0.2, 0.25) is 5.88 Å². The molecule has 0 bridgehead atoms. The summed E-state index contributed by atoms with van der Waals surface area (Å²) >= 11 is 5.92. The van der Waals surface area contributed by atoms with E-state index in [0.717, 1.165) is 12.4 Å². The summed E-state index contributed by atoms with van der Waals surface area (Å²) in [6, 6.07) is 5.73. The molecule has 0 amide bonds. The smallest absolute Gasteiger partial charge is 0.215 e. The molecule has 1 aromatic rings. The van der Waals surface area contributed by atoms with Crippen molar-refractivity contribution in [1.29, 1.82) is 0 Å². The van der Waals surface area contributed by atoms with E-state index in [9.17, 15) is 0 Å². The number of hydrogen-bond donors (Lipinski definition) is 0. The Balaban J connectivity index is 2.71. The second kappa shape index (κ2) is 5.81. The second-order valence-electron chi connectivity index (χ2n) is 3.43. The molecule has 0 saturated carbocycles. The van der Waals surface area contributed by atoms with Crippen molar-refractivity contribution >= 4 is 17.4 Å². The highest BCUT2D eigenvalue weighted by molar-refractivity contribution is 6.20. The average Bonchev–Trinajstić information content (AvgIpc) is 2.17. The van der Waals surface area contributed by atoms with Crippen LogP contribution >= 0.6 is 11.6 Å². The van der Waals surface area contributed by atoms with Gasteiger partial charge in [-0.05, 0) is 19.9 Å². The van der Waals surface area contributed by atoms with Crippen molar-refractivity contribution < 1.29 is 4.74 Å². The molecule has 4 heteroatoms. The second-order valence-corrected chi connectivity index (χ2v) is 4.17. The minimum Gasteiger partial charge on any atom is -0.478 e. The Labute approximate surface area is 96.0 Å². The number of aromatic nitrogens is 1. The van der Waals surface area contributed by atoms with E-state index < -0.39 is 0 Å². The standard InChI is InChI=1S/C11H17ClN2O/c1-4-15-11-7-5-6-10(13-11)14(3)8-9(2)12/h5-7,9H,4,8H2,1-3H3. The van der Waals surface area contributed by atoms with Crippen molar-refractivity contribution in [1.82, 2.24) is 4.98 Å². The maximum atomic E-state index is 5.92. The normalized spacial score (nSPS) is 12.3. The van der Waals surface area contributed by atoms with Crippen molar-refractivity contribution in [3.8, 4) is 5.88 Å². The van der Waals surface area contributed by atoms with E-state index in [2.05, 4.69) is 4.98 Å². The zero-order chi connectivity index (χ0) is 11.3. The Kier molecular flexibility index (Phi) is 4.69. The number of rotatable bonds is 5. The van der Waals surface area contributed by atoms with Crippen LogP contribution in [0.25, 0.3) is 0 Å². The molecule has 0 aromatic carbocycles. The highest BCUT2D eigenvalue weighted by Gasteiger charge is 2.06. The number of ether oxygens (including phenoxy) is 1. The summed E-state index contributed by atoms with van der Waals surface area (Å²) in [4.78, 5) is 6.37. The Morgan fingerprint density at radius 2 is 2.27 bits per heavy atom. The predicted molar refractivity (Wildman–Crippen MR) is 64.0 cm³/mol. The van der Waals surface area contributed by atoms with Crippen molar-refractivity contribution in [2.75, 3.05) is 25.1 Å². The third-order valence-electron chi connectivity index (χ3n) is 1.92. The Hall–Kier alpha value is -0.960. The largest absolute Gasteiger partial charge is 0.478 e. The van der Waals surface area contributed by atoms with Gasteiger partial charge in [-0.25, -0.2) is 0 Å². The third kappa shape index (κ3) is 3.96. The highest BCUT2D eigenvalue weighted by Crippen LogP contribution is 2.15. The van der Waals surface area contributed by atoms with E-state index >= 15 is 0 Å². The molecule has 1 unspecified atom stereocenters. The summed E-state index contributed by atoms with van der Waals surface area (Å²) in [6.45, 7) is 5.31. The molecule has 15 heavy (non-hydrogen) atoms. The first-order valence-corrected chi connectivity index (χ1v) is 5.52. The van der Waals surface area contributed by atoms with Crippen LogP contribution in [0.1, 0.15) is 13.8 Å². The van der Waals surface area contributed by atoms with E-state index in [1.165, 1.54) is 0 Å². The van der Waals surface area contributed by atoms with Crippen molar-refractivity contribution in [2.24, 2.45) is 0 Å². The summed E-state index contributed by atoms with van der Waals surface area (Å²) in [5.41, 5.74) is 0. The molecular weight excluding hydrogens is 212 g/mol. The van der Waals surface area contributed by atoms with Crippen LogP contribution in [0.15, 0.2) is 18.2 Å². The van der Waals surface area contributed by atoms with Gasteiger partial charge in [-0.2, -0.15) is 4.98 Å². The number of pyridine rings is 1. The molecule has 1 rings (SSSR count). The predicted octanol–water partition coefficient (Wildman–Crippen LogP) is 2.54. The van der Waals surface area contributed by atoms with Crippen LogP contribution in [0.3, 0.4) is 0 Å². The fourth-order valence-electron chi connectivity index (χ4n) is 1.32. The highest BCUT2D eigenvalue weighted by atomic mass is 35.5. The summed E-state index contributed by atoms with van der Waals surface area (Å²) < 4.78 is 5.33. The average molecular weight is 229 g/mol. The van der Waals surface area contributed by atoms with Crippen molar-refractivity contribution in [3.63, 3.8) is 0 Å². The molecular formula is C11H17ClN2O. The van der Waals surface area contributed by atoms with Crippen LogP contribution in [0, 0.1) is 0 Å². The lowest BCUT2D eigenvalue weighted by molar-refractivity contribution is 0.327. The van der Waals surface area contributed by atoms with E-state index in [4.69, 9.17) is 16.3 Å². The van der Waals surface area contributed by atoms with Crippen LogP contribution in [-0.2, 0) is 0 Å². The lowest BCUT2D eigenvalue weighted by Gasteiger charge is -2.19. The van der Waals surface area contributed by atoms with Gasteiger partial charge in [0.15, 0.2) is 0 Å². The van der Waals surface area contributed by atoms with Gasteiger partial charge in [0.05, 0.1) is 6.61 Å². The Bertz CT molecular complexity index is 304. The lowest BCUT2D eigenvalue weighted by atomic mass is 10.4. The molecule has 0 aliphatic rings. The quantitative estimate of drug-likeness (QED) is 0.725. The fraction of sp³-hybridized carbons (Fsp3) is 0.545. The molecule has 0 radical (unpaired) electrons. The Morgan fingerprint density at radius 3 is 2.87 bits per heavy atom. The van der Waals surface area contributed by atoms with Crippen molar-refractivity contribution in [2.45, 2.75) is 19.2 Å². The van der Waals surface area contributed by atoms with E-state index in [-0.39, 0.29) is 5.38 Å². The molecule has 1 heterocycles. The summed E-state index contributed by atoms with van der Waals surface area (Å²) in [5.74, 6) is 1.54. The van der Waals surface area contributed by atoms with E-state index in [0.29, 0.717) is 12.5 Å². The molecule has 0 aliphatic heterocycles. The fourth-order valence-corrected chi connectivity index (χ4v) is 1.52. The number of halogens is 1. The van der Waals surface area contributed by atoms with Gasteiger partial charge in [0.25, 0.3) is 0 Å². The maximum Gasteiger partial charge on any atom is 0.215 e. The van der Waals surface area contributed by atoms with Crippen molar-refractivity contribution in [3.05, 3.63) is 18.2 Å². The molecule has 0 aliphatic carbocycles. The maximum absolute atomic E-state index is 5.92. The van der Waals surface area contributed by atoms with Gasteiger partial charge < -0.3 is 9.64 Å². The van der Waals surface area contributed by atoms with Crippen LogP contribution < -0.4 is 9.64 Å². The molecule has 0 N–H and O–H groups in total. The van der Waals surface area contributed by atoms with Crippen LogP contribution in [0.4, 0.5) is 5.82 Å². The van der Waals surface area contributed by atoms with Crippen LogP contribution in [0.5, 0.6) is 5.88 Å². The first kappa shape index (κ1) is 12.1. The number of hydrogen-bond acceptors (Lipinski definition) is 3. The van der Waals surface area contributed by atoms with E-state index in [1.54, 1.807) is 0 Å². The summed E-state index contributed by atoms with van der Waals surface area (Å²) in [7, 11) is 1.97. The first-order valence-electron chi connectivity index (χ1n) is 5.08. The number of nitrogens with zero attached hydrogens (tertiary/aromatic N) is 2. The molecule has 1 aromatic heterocycles. The summed E-state index contributed by atoms with van der Waals surface area (Å²) in [6.07, 6.45) is 0. The van der Waals surface area contributed by atoms with Gasteiger partial charge in [-0.1, -0.05) is 6.07 Å². The minimum atomic E-state index is 0.104. The van der Waals surface area contributed by atoms with Gasteiger partial charge in [0.1, 0.15) is 5.82 Å².